The Morgan fingerprint density at radius 2 is 1.61 bits per heavy atom. The van der Waals surface area contributed by atoms with Crippen LogP contribution in [0.3, 0.4) is 0 Å². The Morgan fingerprint density at radius 3 is 2.28 bits per heavy atom. The van der Waals surface area contributed by atoms with Crippen LogP contribution in [0.25, 0.3) is 0 Å². The fourth-order valence-electron chi connectivity index (χ4n) is 3.57. The van der Waals surface area contributed by atoms with Crippen LogP contribution < -0.4 is 5.73 Å². The Hall–Kier alpha value is -0.160. The van der Waals surface area contributed by atoms with Gasteiger partial charge in [-0.2, -0.15) is 0 Å². The van der Waals surface area contributed by atoms with E-state index in [1.807, 2.05) is 0 Å². The molecular weight excluding hydrogens is 226 g/mol. The van der Waals surface area contributed by atoms with Crippen molar-refractivity contribution in [3.63, 3.8) is 0 Å². The molecule has 4 heteroatoms. The molecule has 2 aliphatic rings. The van der Waals surface area contributed by atoms with Crippen LogP contribution in [0.2, 0.25) is 0 Å². The fraction of sp³-hybridized carbons (Fsp3) is 1.00. The standard InChI is InChI=1S/C14H29N3O/c15-12-14(4-1-2-5-14)13-17-7-3-6-16(8-9-17)10-11-18/h18H,1-13,15H2. The monoisotopic (exact) mass is 255 g/mol. The molecular formula is C14H29N3O. The van der Waals surface area contributed by atoms with E-state index in [9.17, 15) is 0 Å². The number of β-amino-alcohol motifs (C(OH)–C–C–N with tert-alkyl or cyclic N) is 1. The molecule has 1 heterocycles. The summed E-state index contributed by atoms with van der Waals surface area (Å²) in [6, 6.07) is 0. The molecule has 0 bridgehead atoms. The van der Waals surface area contributed by atoms with E-state index in [0.29, 0.717) is 5.41 Å². The van der Waals surface area contributed by atoms with Gasteiger partial charge in [-0.05, 0) is 44.3 Å². The van der Waals surface area contributed by atoms with Gasteiger partial charge in [0.2, 0.25) is 0 Å². The van der Waals surface area contributed by atoms with E-state index in [-0.39, 0.29) is 6.61 Å². The zero-order valence-electron chi connectivity index (χ0n) is 11.6. The van der Waals surface area contributed by atoms with E-state index in [2.05, 4.69) is 9.80 Å². The van der Waals surface area contributed by atoms with Gasteiger partial charge in [0.25, 0.3) is 0 Å². The molecule has 106 valence electrons. The molecule has 1 aliphatic carbocycles. The average molecular weight is 255 g/mol. The highest BCUT2D eigenvalue weighted by molar-refractivity contribution is 4.89. The van der Waals surface area contributed by atoms with Gasteiger partial charge in [0.15, 0.2) is 0 Å². The molecule has 0 spiro atoms. The molecule has 2 fully saturated rings. The normalized spacial score (nSPS) is 26.3. The van der Waals surface area contributed by atoms with Crippen molar-refractivity contribution in [2.45, 2.75) is 32.1 Å². The van der Waals surface area contributed by atoms with Crippen molar-refractivity contribution in [3.05, 3.63) is 0 Å². The highest BCUT2D eigenvalue weighted by atomic mass is 16.3. The first-order valence-electron chi connectivity index (χ1n) is 7.54. The topological polar surface area (TPSA) is 52.7 Å². The van der Waals surface area contributed by atoms with E-state index in [0.717, 1.165) is 32.7 Å². The van der Waals surface area contributed by atoms with Crippen LogP contribution in [0.4, 0.5) is 0 Å². The van der Waals surface area contributed by atoms with E-state index in [1.165, 1.54) is 45.2 Å². The van der Waals surface area contributed by atoms with Crippen LogP contribution in [0, 0.1) is 5.41 Å². The van der Waals surface area contributed by atoms with Gasteiger partial charge >= 0.3 is 0 Å². The number of aliphatic hydroxyl groups excluding tert-OH is 1. The zero-order chi connectivity index (χ0) is 12.8. The Morgan fingerprint density at radius 1 is 0.944 bits per heavy atom. The fourth-order valence-corrected chi connectivity index (χ4v) is 3.57. The molecule has 0 aromatic heterocycles. The second-order valence-electron chi connectivity index (χ2n) is 6.11. The summed E-state index contributed by atoms with van der Waals surface area (Å²) in [4.78, 5) is 4.99. The Labute approximate surface area is 111 Å². The number of aliphatic hydroxyl groups is 1. The van der Waals surface area contributed by atoms with Crippen molar-refractivity contribution in [3.8, 4) is 0 Å². The van der Waals surface area contributed by atoms with Gasteiger partial charge in [0.1, 0.15) is 0 Å². The number of hydrogen-bond donors (Lipinski definition) is 2. The lowest BCUT2D eigenvalue weighted by atomic mass is 9.85. The van der Waals surface area contributed by atoms with Crippen LogP contribution in [0.1, 0.15) is 32.1 Å². The average Bonchev–Trinajstić information content (AvgIpc) is 2.74. The molecule has 1 saturated carbocycles. The largest absolute Gasteiger partial charge is 0.395 e. The maximum Gasteiger partial charge on any atom is 0.0558 e. The van der Waals surface area contributed by atoms with Gasteiger partial charge in [0, 0.05) is 26.2 Å². The minimum atomic E-state index is 0.284. The molecule has 0 aromatic carbocycles. The second-order valence-corrected chi connectivity index (χ2v) is 6.11. The third kappa shape index (κ3) is 3.67. The molecule has 0 aromatic rings. The van der Waals surface area contributed by atoms with Crippen molar-refractivity contribution in [2.75, 3.05) is 52.4 Å². The second kappa shape index (κ2) is 6.85. The lowest BCUT2D eigenvalue weighted by Crippen LogP contribution is -2.42. The maximum absolute atomic E-state index is 9.01. The summed E-state index contributed by atoms with van der Waals surface area (Å²) in [6.07, 6.45) is 6.59. The minimum absolute atomic E-state index is 0.284. The SMILES string of the molecule is NCC1(CN2CCCN(CCO)CC2)CCCC1. The van der Waals surface area contributed by atoms with Gasteiger partial charge in [-0.15, -0.1) is 0 Å². The van der Waals surface area contributed by atoms with Crippen LogP contribution >= 0.6 is 0 Å². The Kier molecular flexibility index (Phi) is 5.42. The lowest BCUT2D eigenvalue weighted by molar-refractivity contribution is 0.155. The first-order valence-corrected chi connectivity index (χ1v) is 7.54. The number of hydrogen-bond acceptors (Lipinski definition) is 4. The quantitative estimate of drug-likeness (QED) is 0.751. The number of nitrogens with two attached hydrogens (primary N) is 1. The molecule has 0 unspecified atom stereocenters. The molecule has 0 amide bonds. The smallest absolute Gasteiger partial charge is 0.0558 e. The number of rotatable bonds is 5. The molecule has 18 heavy (non-hydrogen) atoms. The molecule has 3 N–H and O–H groups in total. The van der Waals surface area contributed by atoms with Crippen molar-refractivity contribution < 1.29 is 5.11 Å². The molecule has 1 saturated heterocycles. The number of nitrogens with zero attached hydrogens (tertiary/aromatic N) is 2. The van der Waals surface area contributed by atoms with Gasteiger partial charge < -0.3 is 15.7 Å². The lowest BCUT2D eigenvalue weighted by Gasteiger charge is -2.34. The molecule has 0 radical (unpaired) electrons. The summed E-state index contributed by atoms with van der Waals surface area (Å²) in [5.41, 5.74) is 6.44. The van der Waals surface area contributed by atoms with E-state index in [1.54, 1.807) is 0 Å². The van der Waals surface area contributed by atoms with Gasteiger partial charge in [0.05, 0.1) is 6.61 Å². The van der Waals surface area contributed by atoms with Crippen LogP contribution in [0.15, 0.2) is 0 Å². The van der Waals surface area contributed by atoms with Gasteiger partial charge in [-0.1, -0.05) is 12.8 Å². The van der Waals surface area contributed by atoms with Crippen LogP contribution in [-0.4, -0.2) is 67.3 Å². The van der Waals surface area contributed by atoms with Crippen molar-refractivity contribution >= 4 is 0 Å². The minimum Gasteiger partial charge on any atom is -0.395 e. The van der Waals surface area contributed by atoms with Crippen LogP contribution in [-0.2, 0) is 0 Å². The van der Waals surface area contributed by atoms with Gasteiger partial charge in [-0.25, -0.2) is 0 Å². The highest BCUT2D eigenvalue weighted by Crippen LogP contribution is 2.37. The summed E-state index contributed by atoms with van der Waals surface area (Å²) in [5, 5.41) is 9.01. The Bertz CT molecular complexity index is 241. The third-order valence-corrected chi connectivity index (χ3v) is 4.75. The van der Waals surface area contributed by atoms with Crippen LogP contribution in [0.5, 0.6) is 0 Å². The molecule has 2 rings (SSSR count). The summed E-state index contributed by atoms with van der Waals surface area (Å²) in [5.74, 6) is 0. The Balaban J connectivity index is 1.82. The third-order valence-electron chi connectivity index (χ3n) is 4.75. The van der Waals surface area contributed by atoms with Gasteiger partial charge in [-0.3, -0.25) is 4.90 Å². The first-order chi connectivity index (χ1) is 8.78. The highest BCUT2D eigenvalue weighted by Gasteiger charge is 2.34. The van der Waals surface area contributed by atoms with E-state index in [4.69, 9.17) is 10.8 Å². The first kappa shape index (κ1) is 14.3. The van der Waals surface area contributed by atoms with Crippen molar-refractivity contribution in [2.24, 2.45) is 11.1 Å². The summed E-state index contributed by atoms with van der Waals surface area (Å²) in [6.45, 7) is 7.72. The van der Waals surface area contributed by atoms with E-state index >= 15 is 0 Å². The molecule has 4 nitrogen and oxygen atoms in total. The van der Waals surface area contributed by atoms with E-state index < -0.39 is 0 Å². The summed E-state index contributed by atoms with van der Waals surface area (Å²) >= 11 is 0. The summed E-state index contributed by atoms with van der Waals surface area (Å²) in [7, 11) is 0. The summed E-state index contributed by atoms with van der Waals surface area (Å²) < 4.78 is 0. The zero-order valence-corrected chi connectivity index (χ0v) is 11.6. The molecule has 1 aliphatic heterocycles. The molecule has 0 atom stereocenters. The van der Waals surface area contributed by atoms with Crippen molar-refractivity contribution in [1.82, 2.24) is 9.80 Å². The predicted molar refractivity (Wildman–Crippen MR) is 74.5 cm³/mol. The van der Waals surface area contributed by atoms with Crippen molar-refractivity contribution in [1.29, 1.82) is 0 Å². The maximum atomic E-state index is 9.01. The predicted octanol–water partition coefficient (Wildman–Crippen LogP) is 0.506.